The summed E-state index contributed by atoms with van der Waals surface area (Å²) in [5, 5.41) is 10.4. The Morgan fingerprint density at radius 1 is 1.47 bits per heavy atom. The van der Waals surface area contributed by atoms with Crippen molar-refractivity contribution in [3.8, 4) is 0 Å². The van der Waals surface area contributed by atoms with Gasteiger partial charge in [-0.05, 0) is 19.3 Å². The van der Waals surface area contributed by atoms with Crippen molar-refractivity contribution in [2.75, 3.05) is 18.5 Å². The summed E-state index contributed by atoms with van der Waals surface area (Å²) in [6.45, 7) is 3.22. The van der Waals surface area contributed by atoms with E-state index in [0.717, 1.165) is 32.1 Å². The van der Waals surface area contributed by atoms with Crippen LogP contribution in [0.4, 0.5) is 5.82 Å². The Morgan fingerprint density at radius 3 is 2.79 bits per heavy atom. The highest BCUT2D eigenvalue weighted by Gasteiger charge is 2.33. The molecular formula is C14H23N3O2. The molecule has 0 amide bonds. The van der Waals surface area contributed by atoms with Crippen LogP contribution in [0.15, 0.2) is 17.2 Å². The summed E-state index contributed by atoms with van der Waals surface area (Å²) in [5.74, 6) is 0.427. The van der Waals surface area contributed by atoms with Crippen molar-refractivity contribution in [2.45, 2.75) is 51.2 Å². The topological polar surface area (TPSA) is 58.4 Å². The van der Waals surface area contributed by atoms with Gasteiger partial charge >= 0.3 is 0 Å². The highest BCUT2D eigenvalue weighted by Crippen LogP contribution is 2.30. The zero-order chi connectivity index (χ0) is 13.9. The molecule has 5 heteroatoms. The quantitative estimate of drug-likeness (QED) is 0.874. The average molecular weight is 265 g/mol. The molecule has 0 spiro atoms. The van der Waals surface area contributed by atoms with E-state index in [1.54, 1.807) is 21.9 Å². The average Bonchev–Trinajstić information content (AvgIpc) is 2.78. The molecule has 0 saturated heterocycles. The molecule has 1 N–H and O–H groups in total. The summed E-state index contributed by atoms with van der Waals surface area (Å²) in [4.78, 5) is 18.2. The van der Waals surface area contributed by atoms with Gasteiger partial charge < -0.3 is 14.6 Å². The number of anilines is 1. The molecule has 0 radical (unpaired) electrons. The van der Waals surface area contributed by atoms with Crippen LogP contribution in [0.1, 0.15) is 39.0 Å². The van der Waals surface area contributed by atoms with Crippen molar-refractivity contribution in [1.82, 2.24) is 9.55 Å². The molecule has 1 aromatic heterocycles. The Labute approximate surface area is 113 Å². The van der Waals surface area contributed by atoms with Crippen LogP contribution >= 0.6 is 0 Å². The Hall–Kier alpha value is -1.36. The minimum absolute atomic E-state index is 0.0755. The fraction of sp³-hybridized carbons (Fsp3) is 0.714. The monoisotopic (exact) mass is 265 g/mol. The highest BCUT2D eigenvalue weighted by molar-refractivity contribution is 5.35. The summed E-state index contributed by atoms with van der Waals surface area (Å²) in [5.41, 5.74) is -0.734. The Kier molecular flexibility index (Phi) is 4.24. The summed E-state index contributed by atoms with van der Waals surface area (Å²) >= 11 is 0. The number of rotatable bonds is 5. The summed E-state index contributed by atoms with van der Waals surface area (Å²) < 4.78 is 1.68. The molecule has 106 valence electrons. The van der Waals surface area contributed by atoms with Gasteiger partial charge in [0.05, 0.1) is 5.60 Å². The molecule has 1 aliphatic rings. The van der Waals surface area contributed by atoms with Crippen molar-refractivity contribution in [2.24, 2.45) is 0 Å². The molecule has 19 heavy (non-hydrogen) atoms. The first kappa shape index (κ1) is 14.1. The van der Waals surface area contributed by atoms with E-state index in [9.17, 15) is 9.90 Å². The maximum absolute atomic E-state index is 12.3. The van der Waals surface area contributed by atoms with Crippen molar-refractivity contribution < 1.29 is 5.11 Å². The van der Waals surface area contributed by atoms with Crippen molar-refractivity contribution >= 4 is 5.82 Å². The molecule has 1 saturated carbocycles. The molecule has 0 aliphatic heterocycles. The number of aromatic nitrogens is 2. The van der Waals surface area contributed by atoms with Gasteiger partial charge in [-0.25, -0.2) is 4.98 Å². The maximum atomic E-state index is 12.3. The van der Waals surface area contributed by atoms with Gasteiger partial charge in [-0.1, -0.05) is 19.8 Å². The molecule has 0 bridgehead atoms. The van der Waals surface area contributed by atoms with Crippen LogP contribution in [0, 0.1) is 0 Å². The van der Waals surface area contributed by atoms with Gasteiger partial charge in [0.1, 0.15) is 0 Å². The molecule has 0 atom stereocenters. The number of hydrogen-bond donors (Lipinski definition) is 1. The number of likely N-dealkylation sites (N-methyl/N-ethyl adjacent to an activating group) is 1. The lowest BCUT2D eigenvalue weighted by atomic mass is 10.0. The number of aliphatic hydroxyl groups is 1. The van der Waals surface area contributed by atoms with Gasteiger partial charge in [0.2, 0.25) is 0 Å². The van der Waals surface area contributed by atoms with E-state index in [2.05, 4.69) is 4.98 Å². The number of hydrogen-bond acceptors (Lipinski definition) is 4. The van der Waals surface area contributed by atoms with Gasteiger partial charge in [0, 0.05) is 32.5 Å². The van der Waals surface area contributed by atoms with E-state index in [1.165, 1.54) is 0 Å². The smallest absolute Gasteiger partial charge is 0.293 e. The molecule has 1 heterocycles. The largest absolute Gasteiger partial charge is 0.388 e. The van der Waals surface area contributed by atoms with E-state index in [0.29, 0.717) is 18.9 Å². The fourth-order valence-corrected chi connectivity index (χ4v) is 2.82. The van der Waals surface area contributed by atoms with Crippen molar-refractivity contribution in [3.05, 3.63) is 22.7 Å². The SMILES string of the molecule is CCCn1ccnc(N(C)CC2(O)CCCC2)c1=O. The second kappa shape index (κ2) is 5.74. The third kappa shape index (κ3) is 3.15. The predicted octanol–water partition coefficient (Wildman–Crippen LogP) is 1.39. The minimum Gasteiger partial charge on any atom is -0.388 e. The molecule has 1 aromatic rings. The first-order valence-electron chi connectivity index (χ1n) is 7.05. The van der Waals surface area contributed by atoms with Crippen LogP contribution in [0.2, 0.25) is 0 Å². The number of nitrogens with zero attached hydrogens (tertiary/aromatic N) is 3. The third-order valence-electron chi connectivity index (χ3n) is 3.79. The third-order valence-corrected chi connectivity index (χ3v) is 3.79. The van der Waals surface area contributed by atoms with Gasteiger partial charge in [0.15, 0.2) is 5.82 Å². The van der Waals surface area contributed by atoms with E-state index >= 15 is 0 Å². The summed E-state index contributed by atoms with van der Waals surface area (Å²) in [6, 6.07) is 0. The Morgan fingerprint density at radius 2 is 2.16 bits per heavy atom. The van der Waals surface area contributed by atoms with E-state index in [-0.39, 0.29) is 5.56 Å². The molecule has 5 nitrogen and oxygen atoms in total. The predicted molar refractivity (Wildman–Crippen MR) is 75.5 cm³/mol. The normalized spacial score (nSPS) is 17.6. The highest BCUT2D eigenvalue weighted by atomic mass is 16.3. The number of aryl methyl sites for hydroxylation is 1. The Bertz CT molecular complexity index is 478. The first-order valence-corrected chi connectivity index (χ1v) is 7.05. The van der Waals surface area contributed by atoms with Crippen LogP contribution in [0.5, 0.6) is 0 Å². The van der Waals surface area contributed by atoms with Crippen LogP contribution in [0.25, 0.3) is 0 Å². The van der Waals surface area contributed by atoms with Gasteiger partial charge in [-0.2, -0.15) is 0 Å². The van der Waals surface area contributed by atoms with Crippen molar-refractivity contribution in [1.29, 1.82) is 0 Å². The standard InChI is InChI=1S/C14H23N3O2/c1-3-9-17-10-8-15-12(13(17)18)16(2)11-14(19)6-4-5-7-14/h8,10,19H,3-7,9,11H2,1-2H3. The molecule has 0 unspecified atom stereocenters. The van der Waals surface area contributed by atoms with Crippen LogP contribution in [-0.2, 0) is 6.54 Å². The molecule has 2 rings (SSSR count). The lowest BCUT2D eigenvalue weighted by Gasteiger charge is -2.29. The second-order valence-electron chi connectivity index (χ2n) is 5.54. The minimum atomic E-state index is -0.658. The van der Waals surface area contributed by atoms with Gasteiger partial charge in [-0.3, -0.25) is 4.79 Å². The lowest BCUT2D eigenvalue weighted by Crippen LogP contribution is -2.42. The maximum Gasteiger partial charge on any atom is 0.293 e. The fourth-order valence-electron chi connectivity index (χ4n) is 2.82. The van der Waals surface area contributed by atoms with Gasteiger partial charge in [0.25, 0.3) is 5.56 Å². The molecule has 1 aliphatic carbocycles. The van der Waals surface area contributed by atoms with Crippen molar-refractivity contribution in [3.63, 3.8) is 0 Å². The summed E-state index contributed by atoms with van der Waals surface area (Å²) in [7, 11) is 1.83. The van der Waals surface area contributed by atoms with Crippen LogP contribution in [-0.4, -0.2) is 33.9 Å². The second-order valence-corrected chi connectivity index (χ2v) is 5.54. The van der Waals surface area contributed by atoms with Crippen LogP contribution < -0.4 is 10.5 Å². The zero-order valence-electron chi connectivity index (χ0n) is 11.8. The van der Waals surface area contributed by atoms with E-state index in [4.69, 9.17) is 0 Å². The zero-order valence-corrected chi connectivity index (χ0v) is 11.8. The molecule has 0 aromatic carbocycles. The lowest BCUT2D eigenvalue weighted by molar-refractivity contribution is 0.0557. The van der Waals surface area contributed by atoms with E-state index in [1.807, 2.05) is 14.0 Å². The molecule has 1 fully saturated rings. The van der Waals surface area contributed by atoms with Crippen LogP contribution in [0.3, 0.4) is 0 Å². The van der Waals surface area contributed by atoms with E-state index < -0.39 is 5.60 Å². The van der Waals surface area contributed by atoms with Gasteiger partial charge in [-0.15, -0.1) is 0 Å². The molecular weight excluding hydrogens is 242 g/mol. The summed E-state index contributed by atoms with van der Waals surface area (Å²) in [6.07, 6.45) is 8.03. The Balaban J connectivity index is 2.17. The first-order chi connectivity index (χ1) is 9.06.